The summed E-state index contributed by atoms with van der Waals surface area (Å²) in [7, 11) is 0. The highest BCUT2D eigenvalue weighted by molar-refractivity contribution is 5.94. The van der Waals surface area contributed by atoms with Crippen molar-refractivity contribution in [3.8, 4) is 11.3 Å². The topological polar surface area (TPSA) is 62.1 Å². The van der Waals surface area contributed by atoms with Gasteiger partial charge in [0.05, 0.1) is 6.54 Å². The fourth-order valence-corrected chi connectivity index (χ4v) is 4.23. The van der Waals surface area contributed by atoms with Crippen molar-refractivity contribution < 1.29 is 9.21 Å². The fourth-order valence-electron chi connectivity index (χ4n) is 4.23. The van der Waals surface area contributed by atoms with E-state index in [4.69, 9.17) is 4.42 Å². The maximum Gasteiger partial charge on any atom is 0.275 e. The molecule has 0 saturated heterocycles. The second-order valence-corrected chi connectivity index (χ2v) is 7.78. The SMILES string of the molecule is CC1CCc2[nH]nc(C(=O)N3CCc4cc(-c5ccccc5)oc4C3)c2C1. The predicted molar refractivity (Wildman–Crippen MR) is 102 cm³/mol. The number of rotatable bonds is 2. The van der Waals surface area contributed by atoms with Crippen molar-refractivity contribution in [2.75, 3.05) is 6.54 Å². The van der Waals surface area contributed by atoms with Gasteiger partial charge in [-0.15, -0.1) is 0 Å². The number of carbonyl (C=O) groups is 1. The molecule has 1 atom stereocenters. The lowest BCUT2D eigenvalue weighted by Gasteiger charge is -2.26. The number of aromatic nitrogens is 2. The number of hydrogen-bond acceptors (Lipinski definition) is 3. The van der Waals surface area contributed by atoms with E-state index in [0.29, 0.717) is 24.7 Å². The molecule has 1 aliphatic heterocycles. The lowest BCUT2D eigenvalue weighted by atomic mass is 9.87. The van der Waals surface area contributed by atoms with Gasteiger partial charge in [0, 0.05) is 23.4 Å². The molecule has 1 amide bonds. The predicted octanol–water partition coefficient (Wildman–Crippen LogP) is 3.99. The van der Waals surface area contributed by atoms with Crippen LogP contribution in [0.2, 0.25) is 0 Å². The Morgan fingerprint density at radius 2 is 2.11 bits per heavy atom. The van der Waals surface area contributed by atoms with Crippen LogP contribution in [0.1, 0.15) is 46.4 Å². The molecule has 1 aromatic carbocycles. The molecule has 3 aromatic rings. The second kappa shape index (κ2) is 6.41. The van der Waals surface area contributed by atoms with Gasteiger partial charge in [0.15, 0.2) is 5.69 Å². The number of amides is 1. The van der Waals surface area contributed by atoms with Gasteiger partial charge in [0.2, 0.25) is 0 Å². The summed E-state index contributed by atoms with van der Waals surface area (Å²) in [6, 6.07) is 12.2. The summed E-state index contributed by atoms with van der Waals surface area (Å²) >= 11 is 0. The molecule has 0 spiro atoms. The van der Waals surface area contributed by atoms with Crippen LogP contribution in [0.25, 0.3) is 11.3 Å². The van der Waals surface area contributed by atoms with Gasteiger partial charge < -0.3 is 9.32 Å². The molecule has 0 fully saturated rings. The summed E-state index contributed by atoms with van der Waals surface area (Å²) in [6.07, 6.45) is 3.90. The van der Waals surface area contributed by atoms with Crippen LogP contribution in [0.5, 0.6) is 0 Å². The molecule has 138 valence electrons. The van der Waals surface area contributed by atoms with E-state index >= 15 is 0 Å². The number of benzene rings is 1. The zero-order valence-electron chi connectivity index (χ0n) is 15.5. The van der Waals surface area contributed by atoms with Gasteiger partial charge in [0.25, 0.3) is 5.91 Å². The van der Waals surface area contributed by atoms with Crippen LogP contribution < -0.4 is 0 Å². The zero-order chi connectivity index (χ0) is 18.4. The minimum Gasteiger partial charge on any atom is -0.459 e. The van der Waals surface area contributed by atoms with Crippen LogP contribution >= 0.6 is 0 Å². The van der Waals surface area contributed by atoms with Crippen molar-refractivity contribution in [3.63, 3.8) is 0 Å². The minimum atomic E-state index is 0.0184. The maximum absolute atomic E-state index is 13.1. The Morgan fingerprint density at radius 1 is 1.26 bits per heavy atom. The molecule has 2 aromatic heterocycles. The average molecular weight is 361 g/mol. The van der Waals surface area contributed by atoms with Gasteiger partial charge in [0.1, 0.15) is 11.5 Å². The molecule has 0 radical (unpaired) electrons. The summed E-state index contributed by atoms with van der Waals surface area (Å²) in [5.41, 5.74) is 5.14. The highest BCUT2D eigenvalue weighted by Gasteiger charge is 2.30. The molecule has 0 saturated carbocycles. The van der Waals surface area contributed by atoms with E-state index < -0.39 is 0 Å². The number of nitrogens with one attached hydrogen (secondary N) is 1. The highest BCUT2D eigenvalue weighted by Crippen LogP contribution is 2.31. The van der Waals surface area contributed by atoms with Crippen LogP contribution in [0.3, 0.4) is 0 Å². The Labute approximate surface area is 158 Å². The molecule has 3 heterocycles. The molecule has 2 aliphatic rings. The van der Waals surface area contributed by atoms with Crippen molar-refractivity contribution >= 4 is 5.91 Å². The molecule has 27 heavy (non-hydrogen) atoms. The van der Waals surface area contributed by atoms with Crippen LogP contribution in [0.4, 0.5) is 0 Å². The monoisotopic (exact) mass is 361 g/mol. The van der Waals surface area contributed by atoms with Gasteiger partial charge in [-0.3, -0.25) is 9.89 Å². The van der Waals surface area contributed by atoms with E-state index in [0.717, 1.165) is 54.0 Å². The van der Waals surface area contributed by atoms with Crippen LogP contribution in [-0.2, 0) is 25.8 Å². The minimum absolute atomic E-state index is 0.0184. The number of aromatic amines is 1. The van der Waals surface area contributed by atoms with Gasteiger partial charge in [-0.25, -0.2) is 0 Å². The van der Waals surface area contributed by atoms with Gasteiger partial charge >= 0.3 is 0 Å². The Morgan fingerprint density at radius 3 is 2.96 bits per heavy atom. The smallest absolute Gasteiger partial charge is 0.275 e. The first-order valence-corrected chi connectivity index (χ1v) is 9.71. The number of hydrogen-bond donors (Lipinski definition) is 1. The second-order valence-electron chi connectivity index (χ2n) is 7.78. The fraction of sp³-hybridized carbons (Fsp3) is 0.364. The highest BCUT2D eigenvalue weighted by atomic mass is 16.3. The number of furan rings is 1. The van der Waals surface area contributed by atoms with E-state index in [-0.39, 0.29) is 5.91 Å². The van der Waals surface area contributed by atoms with Crippen LogP contribution in [-0.4, -0.2) is 27.5 Å². The quantitative estimate of drug-likeness (QED) is 0.751. The third kappa shape index (κ3) is 2.87. The van der Waals surface area contributed by atoms with Crippen molar-refractivity contribution in [2.24, 2.45) is 5.92 Å². The maximum atomic E-state index is 13.1. The molecule has 5 rings (SSSR count). The third-order valence-corrected chi connectivity index (χ3v) is 5.82. The van der Waals surface area contributed by atoms with E-state index in [1.54, 1.807) is 0 Å². The van der Waals surface area contributed by atoms with Crippen molar-refractivity contribution in [1.82, 2.24) is 15.1 Å². The van der Waals surface area contributed by atoms with E-state index in [1.807, 2.05) is 35.2 Å². The number of fused-ring (bicyclic) bond motifs is 2. The van der Waals surface area contributed by atoms with Crippen molar-refractivity contribution in [1.29, 1.82) is 0 Å². The summed E-state index contributed by atoms with van der Waals surface area (Å²) in [5.74, 6) is 2.39. The first-order valence-electron chi connectivity index (χ1n) is 9.71. The Kier molecular flexibility index (Phi) is 3.88. The average Bonchev–Trinajstić information content (AvgIpc) is 3.31. The largest absolute Gasteiger partial charge is 0.459 e. The molecular formula is C22H23N3O2. The Bertz CT molecular complexity index is 986. The molecule has 0 bridgehead atoms. The number of nitrogens with zero attached hydrogens (tertiary/aromatic N) is 2. The summed E-state index contributed by atoms with van der Waals surface area (Å²) in [6.45, 7) is 3.46. The first-order chi connectivity index (χ1) is 13.2. The first kappa shape index (κ1) is 16.4. The summed E-state index contributed by atoms with van der Waals surface area (Å²) in [4.78, 5) is 15.0. The van der Waals surface area contributed by atoms with Crippen molar-refractivity contribution in [2.45, 2.75) is 39.2 Å². The van der Waals surface area contributed by atoms with Gasteiger partial charge in [-0.05, 0) is 43.2 Å². The van der Waals surface area contributed by atoms with Crippen LogP contribution in [0.15, 0.2) is 40.8 Å². The molecule has 5 nitrogen and oxygen atoms in total. The lowest BCUT2D eigenvalue weighted by Crippen LogP contribution is -2.36. The molecule has 5 heteroatoms. The van der Waals surface area contributed by atoms with E-state index in [2.05, 4.69) is 23.2 Å². The Hall–Kier alpha value is -2.82. The molecular weight excluding hydrogens is 338 g/mol. The normalized spacial score (nSPS) is 18.9. The van der Waals surface area contributed by atoms with Gasteiger partial charge in [-0.2, -0.15) is 5.10 Å². The van der Waals surface area contributed by atoms with Crippen molar-refractivity contribution in [3.05, 3.63) is 64.7 Å². The standard InChI is InChI=1S/C22H23N3O2/c1-14-7-8-18-17(11-14)21(24-23-18)22(26)25-10-9-16-12-19(27-20(16)13-25)15-5-3-2-4-6-15/h2-6,12,14H,7-11,13H2,1H3,(H,23,24). The third-order valence-electron chi connectivity index (χ3n) is 5.82. The molecule has 1 aliphatic carbocycles. The lowest BCUT2D eigenvalue weighted by molar-refractivity contribution is 0.0713. The molecule has 1 unspecified atom stereocenters. The van der Waals surface area contributed by atoms with Crippen LogP contribution in [0, 0.1) is 5.92 Å². The van der Waals surface area contributed by atoms with E-state index in [1.165, 1.54) is 5.56 Å². The zero-order valence-corrected chi connectivity index (χ0v) is 15.5. The Balaban J connectivity index is 1.39. The number of carbonyl (C=O) groups excluding carboxylic acids is 1. The summed E-state index contributed by atoms with van der Waals surface area (Å²) in [5, 5.41) is 7.46. The van der Waals surface area contributed by atoms with E-state index in [9.17, 15) is 4.79 Å². The molecule has 1 N–H and O–H groups in total. The number of aryl methyl sites for hydroxylation is 1. The van der Waals surface area contributed by atoms with Gasteiger partial charge in [-0.1, -0.05) is 37.3 Å². The summed E-state index contributed by atoms with van der Waals surface area (Å²) < 4.78 is 6.10. The number of H-pyrrole nitrogens is 1.